The van der Waals surface area contributed by atoms with Crippen LogP contribution in [0.2, 0.25) is 0 Å². The van der Waals surface area contributed by atoms with Gasteiger partial charge in [0.2, 0.25) is 5.91 Å². The highest BCUT2D eigenvalue weighted by atomic mass is 16.6. The average Bonchev–Trinajstić information content (AvgIpc) is 2.79. The molecule has 1 N–H and O–H groups in total. The van der Waals surface area contributed by atoms with Crippen molar-refractivity contribution in [2.75, 3.05) is 5.32 Å². The van der Waals surface area contributed by atoms with Crippen LogP contribution in [0.25, 0.3) is 0 Å². The first-order chi connectivity index (χ1) is 15.4. The number of nitro benzene ring substituents is 1. The van der Waals surface area contributed by atoms with Crippen LogP contribution in [0.4, 0.5) is 11.4 Å². The number of nitrogens with zero attached hydrogens (tertiary/aromatic N) is 1. The molecule has 0 aromatic heterocycles. The molecule has 3 aromatic rings. The van der Waals surface area contributed by atoms with Crippen LogP contribution < -0.4 is 10.1 Å². The molecule has 0 aliphatic carbocycles. The lowest BCUT2D eigenvalue weighted by molar-refractivity contribution is -0.384. The van der Waals surface area contributed by atoms with Crippen molar-refractivity contribution in [3.05, 3.63) is 94.0 Å². The smallest absolute Gasteiger partial charge is 0.306 e. The monoisotopic (exact) mass is 434 g/mol. The van der Waals surface area contributed by atoms with Gasteiger partial charge in [-0.15, -0.1) is 0 Å². The number of ether oxygens (including phenoxy) is 2. The molecule has 0 spiro atoms. The molecule has 0 atom stereocenters. The predicted molar refractivity (Wildman–Crippen MR) is 118 cm³/mol. The number of para-hydroxylation sites is 1. The van der Waals surface area contributed by atoms with Crippen LogP contribution in [0.1, 0.15) is 24.0 Å². The molecule has 164 valence electrons. The molecule has 0 fully saturated rings. The molecule has 0 saturated carbocycles. The van der Waals surface area contributed by atoms with Crippen molar-refractivity contribution in [1.82, 2.24) is 0 Å². The Labute approximate surface area is 184 Å². The van der Waals surface area contributed by atoms with Gasteiger partial charge in [0.25, 0.3) is 5.69 Å². The second kappa shape index (κ2) is 10.7. The van der Waals surface area contributed by atoms with Gasteiger partial charge < -0.3 is 14.8 Å². The number of esters is 1. The molecule has 0 aliphatic rings. The molecule has 32 heavy (non-hydrogen) atoms. The molecule has 0 unspecified atom stereocenters. The molecule has 0 radical (unpaired) electrons. The summed E-state index contributed by atoms with van der Waals surface area (Å²) in [6, 6.07) is 20.1. The number of hydrogen-bond donors (Lipinski definition) is 1. The van der Waals surface area contributed by atoms with Gasteiger partial charge >= 0.3 is 5.97 Å². The Morgan fingerprint density at radius 1 is 0.906 bits per heavy atom. The van der Waals surface area contributed by atoms with Gasteiger partial charge in [-0.05, 0) is 48.4 Å². The Bertz CT molecular complexity index is 1090. The topological polar surface area (TPSA) is 108 Å². The molecular formula is C24H22N2O6. The quantitative estimate of drug-likeness (QED) is 0.283. The Morgan fingerprint density at radius 2 is 1.53 bits per heavy atom. The zero-order chi connectivity index (χ0) is 22.9. The lowest BCUT2D eigenvalue weighted by Crippen LogP contribution is -2.15. The third-order valence-corrected chi connectivity index (χ3v) is 4.58. The molecule has 1 amide bonds. The number of carbonyl (C=O) groups excluding carboxylic acids is 2. The Kier molecular flexibility index (Phi) is 7.53. The highest BCUT2D eigenvalue weighted by molar-refractivity contribution is 5.93. The van der Waals surface area contributed by atoms with E-state index in [1.807, 2.05) is 25.1 Å². The lowest BCUT2D eigenvalue weighted by atomic mass is 10.2. The summed E-state index contributed by atoms with van der Waals surface area (Å²) in [7, 11) is 0. The largest absolute Gasteiger partial charge is 0.461 e. The van der Waals surface area contributed by atoms with E-state index in [2.05, 4.69) is 5.32 Å². The third-order valence-electron chi connectivity index (χ3n) is 4.58. The summed E-state index contributed by atoms with van der Waals surface area (Å²) < 4.78 is 10.9. The van der Waals surface area contributed by atoms with Crippen molar-refractivity contribution in [2.24, 2.45) is 0 Å². The first-order valence-corrected chi connectivity index (χ1v) is 9.93. The van der Waals surface area contributed by atoms with Crippen LogP contribution in [-0.4, -0.2) is 16.8 Å². The highest BCUT2D eigenvalue weighted by Crippen LogP contribution is 2.24. The molecule has 0 heterocycles. The first-order valence-electron chi connectivity index (χ1n) is 9.93. The fourth-order valence-electron chi connectivity index (χ4n) is 2.80. The Morgan fingerprint density at radius 3 is 2.16 bits per heavy atom. The van der Waals surface area contributed by atoms with Crippen molar-refractivity contribution in [2.45, 2.75) is 26.4 Å². The van der Waals surface area contributed by atoms with Crippen molar-refractivity contribution >= 4 is 23.3 Å². The second-order valence-corrected chi connectivity index (χ2v) is 7.02. The maximum Gasteiger partial charge on any atom is 0.306 e. The number of aryl methyl sites for hydroxylation is 1. The SMILES string of the molecule is Cc1ccccc1NC(=O)CCC(=O)OCc1ccc(Oc2ccc([N+](=O)[O-])cc2)cc1. The molecule has 8 nitrogen and oxygen atoms in total. The maximum atomic E-state index is 12.0. The molecule has 8 heteroatoms. The van der Waals surface area contributed by atoms with E-state index in [-0.39, 0.29) is 31.0 Å². The average molecular weight is 434 g/mol. The summed E-state index contributed by atoms with van der Waals surface area (Å²) in [4.78, 5) is 34.2. The van der Waals surface area contributed by atoms with Gasteiger partial charge in [-0.1, -0.05) is 30.3 Å². The van der Waals surface area contributed by atoms with Crippen LogP contribution in [0.15, 0.2) is 72.8 Å². The number of amides is 1. The summed E-state index contributed by atoms with van der Waals surface area (Å²) in [6.45, 7) is 1.97. The standard InChI is InChI=1S/C24H22N2O6/c1-17-4-2-3-5-22(17)25-23(27)14-15-24(28)31-16-18-6-10-20(11-7-18)32-21-12-8-19(9-13-21)26(29)30/h2-13H,14-16H2,1H3,(H,25,27). The van der Waals surface area contributed by atoms with E-state index in [4.69, 9.17) is 9.47 Å². The number of nitro groups is 1. The maximum absolute atomic E-state index is 12.0. The minimum Gasteiger partial charge on any atom is -0.461 e. The van der Waals surface area contributed by atoms with Gasteiger partial charge in [0, 0.05) is 24.2 Å². The van der Waals surface area contributed by atoms with E-state index in [0.29, 0.717) is 11.5 Å². The zero-order valence-electron chi connectivity index (χ0n) is 17.4. The summed E-state index contributed by atoms with van der Waals surface area (Å²) >= 11 is 0. The van der Waals surface area contributed by atoms with Crippen molar-refractivity contribution < 1.29 is 24.0 Å². The number of benzene rings is 3. The fraction of sp³-hybridized carbons (Fsp3) is 0.167. The van der Waals surface area contributed by atoms with Crippen LogP contribution in [0, 0.1) is 17.0 Å². The molecular weight excluding hydrogens is 412 g/mol. The normalized spacial score (nSPS) is 10.3. The minimum atomic E-state index is -0.476. The van der Waals surface area contributed by atoms with E-state index in [0.717, 1.165) is 16.8 Å². The van der Waals surface area contributed by atoms with E-state index in [9.17, 15) is 19.7 Å². The van der Waals surface area contributed by atoms with E-state index in [1.165, 1.54) is 24.3 Å². The summed E-state index contributed by atoms with van der Waals surface area (Å²) in [5, 5.41) is 13.5. The van der Waals surface area contributed by atoms with E-state index >= 15 is 0 Å². The first kappa shape index (κ1) is 22.5. The van der Waals surface area contributed by atoms with Crippen LogP contribution in [0.5, 0.6) is 11.5 Å². The Hall–Kier alpha value is -4.20. The summed E-state index contributed by atoms with van der Waals surface area (Å²) in [5.41, 5.74) is 2.42. The molecule has 3 rings (SSSR count). The summed E-state index contributed by atoms with van der Waals surface area (Å²) in [5.74, 6) is 0.306. The number of hydrogen-bond acceptors (Lipinski definition) is 6. The van der Waals surface area contributed by atoms with Gasteiger partial charge in [0.15, 0.2) is 0 Å². The Balaban J connectivity index is 1.41. The van der Waals surface area contributed by atoms with Crippen LogP contribution in [0.3, 0.4) is 0 Å². The van der Waals surface area contributed by atoms with Crippen LogP contribution >= 0.6 is 0 Å². The second-order valence-electron chi connectivity index (χ2n) is 7.02. The lowest BCUT2D eigenvalue weighted by Gasteiger charge is -2.09. The highest BCUT2D eigenvalue weighted by Gasteiger charge is 2.10. The fourth-order valence-corrected chi connectivity index (χ4v) is 2.80. The number of carbonyl (C=O) groups is 2. The molecule has 0 aliphatic heterocycles. The molecule has 0 bridgehead atoms. The van der Waals surface area contributed by atoms with Crippen molar-refractivity contribution in [3.8, 4) is 11.5 Å². The van der Waals surface area contributed by atoms with Crippen LogP contribution in [-0.2, 0) is 20.9 Å². The zero-order valence-corrected chi connectivity index (χ0v) is 17.4. The van der Waals surface area contributed by atoms with E-state index in [1.54, 1.807) is 30.3 Å². The molecule has 3 aromatic carbocycles. The molecule has 0 saturated heterocycles. The van der Waals surface area contributed by atoms with E-state index < -0.39 is 10.9 Å². The predicted octanol–water partition coefficient (Wildman–Crippen LogP) is 5.16. The van der Waals surface area contributed by atoms with Gasteiger partial charge in [-0.3, -0.25) is 19.7 Å². The van der Waals surface area contributed by atoms with Gasteiger partial charge in [-0.25, -0.2) is 0 Å². The number of rotatable bonds is 9. The number of non-ortho nitro benzene ring substituents is 1. The van der Waals surface area contributed by atoms with Gasteiger partial charge in [0.05, 0.1) is 11.3 Å². The number of anilines is 1. The van der Waals surface area contributed by atoms with Crippen molar-refractivity contribution in [3.63, 3.8) is 0 Å². The summed E-state index contributed by atoms with van der Waals surface area (Å²) in [6.07, 6.45) is 0.0221. The minimum absolute atomic E-state index is 0.0119. The third kappa shape index (κ3) is 6.66. The van der Waals surface area contributed by atoms with Gasteiger partial charge in [-0.2, -0.15) is 0 Å². The number of nitrogens with one attached hydrogen (secondary N) is 1. The van der Waals surface area contributed by atoms with Crippen molar-refractivity contribution in [1.29, 1.82) is 0 Å². The van der Waals surface area contributed by atoms with Gasteiger partial charge in [0.1, 0.15) is 18.1 Å².